The minimum absolute atomic E-state index is 0.0157. The fraction of sp³-hybridized carbons (Fsp3) is 0.438. The molecule has 0 N–H and O–H groups in total. The first-order valence-electron chi connectivity index (χ1n) is 8.01. The molecule has 1 aliphatic carbocycles. The third kappa shape index (κ3) is 3.93. The predicted octanol–water partition coefficient (Wildman–Crippen LogP) is 2.40. The van der Waals surface area contributed by atoms with Gasteiger partial charge in [-0.05, 0) is 25.8 Å². The molecule has 2 aromatic rings. The molecule has 1 aliphatic rings. The number of nitro groups is 1. The van der Waals surface area contributed by atoms with Crippen molar-refractivity contribution in [2.24, 2.45) is 10.9 Å². The maximum absolute atomic E-state index is 12.0. The Kier molecular flexibility index (Phi) is 4.93. The Bertz CT molecular complexity index is 910. The van der Waals surface area contributed by atoms with E-state index in [-0.39, 0.29) is 29.9 Å². The summed E-state index contributed by atoms with van der Waals surface area (Å²) in [5, 5.41) is 11.0. The molecule has 0 aliphatic heterocycles. The summed E-state index contributed by atoms with van der Waals surface area (Å²) in [7, 11) is 0. The lowest BCUT2D eigenvalue weighted by molar-refractivity contribution is -0.384. The van der Waals surface area contributed by atoms with Gasteiger partial charge in [-0.3, -0.25) is 19.7 Å². The van der Waals surface area contributed by atoms with Gasteiger partial charge in [-0.1, -0.05) is 11.3 Å². The molecular weight excluding hydrogens is 346 g/mol. The zero-order valence-corrected chi connectivity index (χ0v) is 14.5. The Hall–Kier alpha value is -2.55. The Balaban J connectivity index is 2.01. The summed E-state index contributed by atoms with van der Waals surface area (Å²) in [5.74, 6) is -0.528. The van der Waals surface area contributed by atoms with E-state index >= 15 is 0 Å². The predicted molar refractivity (Wildman–Crippen MR) is 91.0 cm³/mol. The molecule has 1 amide bonds. The van der Waals surface area contributed by atoms with Crippen molar-refractivity contribution in [1.29, 1.82) is 0 Å². The second-order valence-electron chi connectivity index (χ2n) is 5.72. The van der Waals surface area contributed by atoms with Gasteiger partial charge >= 0.3 is 5.97 Å². The van der Waals surface area contributed by atoms with Crippen LogP contribution < -0.4 is 4.80 Å². The number of hydrogen-bond donors (Lipinski definition) is 0. The fourth-order valence-corrected chi connectivity index (χ4v) is 3.52. The van der Waals surface area contributed by atoms with Crippen molar-refractivity contribution in [1.82, 2.24) is 4.57 Å². The molecule has 25 heavy (non-hydrogen) atoms. The van der Waals surface area contributed by atoms with Crippen LogP contribution in [0.3, 0.4) is 0 Å². The van der Waals surface area contributed by atoms with E-state index in [2.05, 4.69) is 4.99 Å². The smallest absolute Gasteiger partial charge is 0.307 e. The normalized spacial score (nSPS) is 14.7. The van der Waals surface area contributed by atoms with Crippen LogP contribution in [0.1, 0.15) is 26.2 Å². The Morgan fingerprint density at radius 3 is 2.84 bits per heavy atom. The second-order valence-corrected chi connectivity index (χ2v) is 6.73. The van der Waals surface area contributed by atoms with Gasteiger partial charge in [0.15, 0.2) is 4.80 Å². The van der Waals surface area contributed by atoms with Crippen molar-refractivity contribution in [3.8, 4) is 0 Å². The molecule has 0 saturated heterocycles. The van der Waals surface area contributed by atoms with Gasteiger partial charge in [0.25, 0.3) is 11.6 Å². The van der Waals surface area contributed by atoms with E-state index in [0.29, 0.717) is 28.2 Å². The van der Waals surface area contributed by atoms with Gasteiger partial charge in [0, 0.05) is 24.6 Å². The Morgan fingerprint density at radius 1 is 1.44 bits per heavy atom. The molecule has 0 atom stereocenters. The third-order valence-corrected chi connectivity index (χ3v) is 4.90. The van der Waals surface area contributed by atoms with Crippen LogP contribution in [-0.4, -0.2) is 28.0 Å². The highest BCUT2D eigenvalue weighted by molar-refractivity contribution is 7.16. The number of benzene rings is 1. The van der Waals surface area contributed by atoms with Crippen LogP contribution in [0.2, 0.25) is 0 Å². The van der Waals surface area contributed by atoms with Gasteiger partial charge in [0.1, 0.15) is 0 Å². The molecule has 0 bridgehead atoms. The molecule has 1 aromatic carbocycles. The average molecular weight is 363 g/mol. The largest absolute Gasteiger partial charge is 0.466 e. The highest BCUT2D eigenvalue weighted by Gasteiger charge is 2.29. The van der Waals surface area contributed by atoms with Crippen LogP contribution in [0.5, 0.6) is 0 Å². The SMILES string of the molecule is CCOC(=O)CCn1c(=NC(=O)C2CC2)sc2cc([N+](=O)[O-])ccc21. The number of fused-ring (bicyclic) bond motifs is 1. The van der Waals surface area contributed by atoms with Crippen molar-refractivity contribution in [2.75, 3.05) is 6.61 Å². The molecule has 9 heteroatoms. The van der Waals surface area contributed by atoms with Crippen molar-refractivity contribution in [3.05, 3.63) is 33.1 Å². The molecule has 0 unspecified atom stereocenters. The van der Waals surface area contributed by atoms with E-state index in [9.17, 15) is 19.7 Å². The van der Waals surface area contributed by atoms with E-state index in [1.807, 2.05) is 0 Å². The average Bonchev–Trinajstić information content (AvgIpc) is 3.36. The molecule has 1 aromatic heterocycles. The standard InChI is InChI=1S/C16H17N3O5S/c1-2-24-14(20)7-8-18-12-6-5-11(19(22)23)9-13(12)25-16(18)17-15(21)10-3-4-10/h5-6,9-10H,2-4,7-8H2,1H3. The maximum Gasteiger partial charge on any atom is 0.307 e. The number of thiazole rings is 1. The number of rotatable bonds is 6. The zero-order chi connectivity index (χ0) is 18.0. The molecule has 1 heterocycles. The quantitative estimate of drug-likeness (QED) is 0.445. The topological polar surface area (TPSA) is 104 Å². The van der Waals surface area contributed by atoms with Crippen LogP contribution in [0.15, 0.2) is 23.2 Å². The fourth-order valence-electron chi connectivity index (χ4n) is 2.43. The van der Waals surface area contributed by atoms with Crippen LogP contribution in [0, 0.1) is 16.0 Å². The number of non-ortho nitro benzene ring substituents is 1. The van der Waals surface area contributed by atoms with Crippen LogP contribution >= 0.6 is 11.3 Å². The molecule has 0 radical (unpaired) electrons. The van der Waals surface area contributed by atoms with E-state index in [1.165, 1.54) is 23.5 Å². The Labute approximate surface area is 146 Å². The van der Waals surface area contributed by atoms with Gasteiger partial charge in [-0.15, -0.1) is 0 Å². The molecule has 132 valence electrons. The van der Waals surface area contributed by atoms with Crippen molar-refractivity contribution < 1.29 is 19.2 Å². The molecule has 3 rings (SSSR count). The highest BCUT2D eigenvalue weighted by Crippen LogP contribution is 2.30. The molecular formula is C16H17N3O5S. The number of nitrogens with zero attached hydrogens (tertiary/aromatic N) is 3. The van der Waals surface area contributed by atoms with E-state index in [1.54, 1.807) is 17.6 Å². The highest BCUT2D eigenvalue weighted by atomic mass is 32.1. The summed E-state index contributed by atoms with van der Waals surface area (Å²) in [6.45, 7) is 2.34. The first-order valence-corrected chi connectivity index (χ1v) is 8.83. The van der Waals surface area contributed by atoms with Gasteiger partial charge in [-0.25, -0.2) is 0 Å². The maximum atomic E-state index is 12.0. The lowest BCUT2D eigenvalue weighted by Gasteiger charge is -2.05. The summed E-state index contributed by atoms with van der Waals surface area (Å²) >= 11 is 1.21. The Morgan fingerprint density at radius 2 is 2.20 bits per heavy atom. The minimum atomic E-state index is -0.464. The number of nitro benzene ring substituents is 1. The monoisotopic (exact) mass is 363 g/mol. The lowest BCUT2D eigenvalue weighted by atomic mass is 10.3. The number of carbonyl (C=O) groups is 2. The van der Waals surface area contributed by atoms with Gasteiger partial charge in [-0.2, -0.15) is 4.99 Å². The summed E-state index contributed by atoms with van der Waals surface area (Å²) in [6, 6.07) is 4.49. The summed E-state index contributed by atoms with van der Waals surface area (Å²) < 4.78 is 7.34. The number of aromatic nitrogens is 1. The van der Waals surface area contributed by atoms with E-state index in [0.717, 1.165) is 12.8 Å². The summed E-state index contributed by atoms with van der Waals surface area (Å²) in [5.41, 5.74) is 0.689. The van der Waals surface area contributed by atoms with Crippen LogP contribution in [-0.2, 0) is 20.9 Å². The lowest BCUT2D eigenvalue weighted by Crippen LogP contribution is -2.19. The van der Waals surface area contributed by atoms with Crippen molar-refractivity contribution in [3.63, 3.8) is 0 Å². The first-order chi connectivity index (χ1) is 12.0. The van der Waals surface area contributed by atoms with Crippen molar-refractivity contribution in [2.45, 2.75) is 32.7 Å². The third-order valence-electron chi connectivity index (χ3n) is 3.85. The number of hydrogen-bond acceptors (Lipinski definition) is 6. The van der Waals surface area contributed by atoms with E-state index < -0.39 is 4.92 Å². The first kappa shape index (κ1) is 17.3. The molecule has 1 saturated carbocycles. The van der Waals surface area contributed by atoms with E-state index in [4.69, 9.17) is 4.74 Å². The molecule has 8 nitrogen and oxygen atoms in total. The van der Waals surface area contributed by atoms with Gasteiger partial charge in [0.2, 0.25) is 0 Å². The molecule has 1 fully saturated rings. The van der Waals surface area contributed by atoms with Gasteiger partial charge in [0.05, 0.1) is 28.2 Å². The minimum Gasteiger partial charge on any atom is -0.466 e. The van der Waals surface area contributed by atoms with Crippen molar-refractivity contribution >= 4 is 39.1 Å². The second kappa shape index (κ2) is 7.14. The number of ether oxygens (including phenoxy) is 1. The number of carbonyl (C=O) groups excluding carboxylic acids is 2. The number of esters is 1. The summed E-state index contributed by atoms with van der Waals surface area (Å²) in [6.07, 6.45) is 1.84. The number of amides is 1. The van der Waals surface area contributed by atoms with Crippen LogP contribution in [0.4, 0.5) is 5.69 Å². The number of aryl methyl sites for hydroxylation is 1. The summed E-state index contributed by atoms with van der Waals surface area (Å²) in [4.78, 5) is 38.8. The molecule has 0 spiro atoms. The zero-order valence-electron chi connectivity index (χ0n) is 13.6. The van der Waals surface area contributed by atoms with Gasteiger partial charge < -0.3 is 9.30 Å². The van der Waals surface area contributed by atoms with Crippen LogP contribution in [0.25, 0.3) is 10.2 Å².